The van der Waals surface area contributed by atoms with Gasteiger partial charge < -0.3 is 18.1 Å². The van der Waals surface area contributed by atoms with E-state index in [0.717, 1.165) is 37.4 Å². The third-order valence-electron chi connectivity index (χ3n) is 2.86. The Labute approximate surface area is 115 Å². The van der Waals surface area contributed by atoms with Crippen LogP contribution in [-0.4, -0.2) is 4.98 Å². The predicted molar refractivity (Wildman–Crippen MR) is 70.5 cm³/mol. The number of halogens is 1. The molecule has 92 valence electrons. The molecule has 1 aromatic rings. The van der Waals surface area contributed by atoms with Gasteiger partial charge in [0, 0.05) is 17.3 Å². The minimum Gasteiger partial charge on any atom is -1.00 e. The van der Waals surface area contributed by atoms with E-state index in [4.69, 9.17) is 11.1 Å². The summed E-state index contributed by atoms with van der Waals surface area (Å²) in [7, 11) is 0. The van der Waals surface area contributed by atoms with Gasteiger partial charge in [-0.15, -0.1) is 11.3 Å². The van der Waals surface area contributed by atoms with Crippen molar-refractivity contribution in [3.05, 3.63) is 41.3 Å². The largest absolute Gasteiger partial charge is 1.00 e. The van der Waals surface area contributed by atoms with Crippen molar-refractivity contribution in [3.63, 3.8) is 0 Å². The second kappa shape index (κ2) is 4.55. The van der Waals surface area contributed by atoms with Crippen molar-refractivity contribution < 1.29 is 17.8 Å². The van der Waals surface area contributed by atoms with E-state index >= 15 is 0 Å². The highest BCUT2D eigenvalue weighted by Crippen LogP contribution is 2.32. The summed E-state index contributed by atoms with van der Waals surface area (Å²) in [4.78, 5) is 5.75. The molecule has 2 aliphatic rings. The molecular weight excluding hydrogens is 266 g/mol. The Morgan fingerprint density at radius 3 is 2.78 bits per heavy atom. The molecule has 0 unspecified atom stereocenters. The lowest BCUT2D eigenvalue weighted by molar-refractivity contribution is -0.173. The molecule has 0 fully saturated rings. The Balaban J connectivity index is 0.00000120. The van der Waals surface area contributed by atoms with Gasteiger partial charge in [0.2, 0.25) is 5.36 Å². The quantitative estimate of drug-likeness (QED) is 0.367. The molecular formula is C13H12ClN3S. The first-order valence-corrected chi connectivity index (χ1v) is 6.15. The van der Waals surface area contributed by atoms with Gasteiger partial charge >= 0.3 is 0 Å². The molecule has 18 heavy (non-hydrogen) atoms. The van der Waals surface area contributed by atoms with Gasteiger partial charge in [0.15, 0.2) is 0 Å². The number of nitrogen functional groups attached to an aromatic ring is 1. The van der Waals surface area contributed by atoms with Crippen LogP contribution in [0, 0.1) is 6.92 Å². The van der Waals surface area contributed by atoms with Crippen molar-refractivity contribution in [1.82, 2.24) is 4.98 Å². The zero-order valence-corrected chi connectivity index (χ0v) is 11.3. The minimum absolute atomic E-state index is 0. The van der Waals surface area contributed by atoms with E-state index in [1.165, 1.54) is 0 Å². The second-order valence-corrected chi connectivity index (χ2v) is 5.12. The second-order valence-electron chi connectivity index (χ2n) is 4.07. The SMILES string of the molecule is Cc1c2sc3cc(N)ccc3nc-2ccc1=[NH2+].[Cl-]. The summed E-state index contributed by atoms with van der Waals surface area (Å²) in [5.74, 6) is 0. The topological polar surface area (TPSA) is 64.5 Å². The van der Waals surface area contributed by atoms with Gasteiger partial charge in [0.05, 0.1) is 20.8 Å². The Hall–Kier alpha value is -1.65. The summed E-state index contributed by atoms with van der Waals surface area (Å²) in [6.45, 7) is 2.02. The Bertz CT molecular complexity index is 751. The van der Waals surface area contributed by atoms with Gasteiger partial charge in [-0.3, -0.25) is 5.41 Å². The lowest BCUT2D eigenvalue weighted by atomic mass is 10.1. The fourth-order valence-electron chi connectivity index (χ4n) is 1.85. The first-order valence-electron chi connectivity index (χ1n) is 5.33. The van der Waals surface area contributed by atoms with Crippen LogP contribution in [0.25, 0.3) is 20.8 Å². The zero-order chi connectivity index (χ0) is 12.0. The zero-order valence-electron chi connectivity index (χ0n) is 9.77. The van der Waals surface area contributed by atoms with Crippen LogP contribution in [-0.2, 0) is 0 Å². The number of hydrogen-bond acceptors (Lipinski definition) is 3. The summed E-state index contributed by atoms with van der Waals surface area (Å²) >= 11 is 1.68. The third-order valence-corrected chi connectivity index (χ3v) is 4.13. The highest BCUT2D eigenvalue weighted by Gasteiger charge is 2.12. The normalized spacial score (nSPS) is 10.5. The van der Waals surface area contributed by atoms with Crippen molar-refractivity contribution in [3.8, 4) is 10.6 Å². The first-order chi connectivity index (χ1) is 8.15. The van der Waals surface area contributed by atoms with Crippen molar-refractivity contribution >= 4 is 27.2 Å². The molecule has 0 spiro atoms. The van der Waals surface area contributed by atoms with Crippen molar-refractivity contribution in [1.29, 1.82) is 0 Å². The van der Waals surface area contributed by atoms with Crippen LogP contribution in [0.5, 0.6) is 0 Å². The molecule has 0 amide bonds. The van der Waals surface area contributed by atoms with E-state index in [0.29, 0.717) is 0 Å². The molecule has 3 nitrogen and oxygen atoms in total. The van der Waals surface area contributed by atoms with Crippen LogP contribution in [0.1, 0.15) is 5.56 Å². The van der Waals surface area contributed by atoms with E-state index in [9.17, 15) is 0 Å². The molecule has 5 heteroatoms. The highest BCUT2D eigenvalue weighted by molar-refractivity contribution is 7.21. The molecule has 1 aromatic carbocycles. The monoisotopic (exact) mass is 277 g/mol. The molecule has 0 atom stereocenters. The van der Waals surface area contributed by atoms with Gasteiger partial charge in [-0.25, -0.2) is 4.98 Å². The first kappa shape index (κ1) is 12.8. The van der Waals surface area contributed by atoms with Crippen LogP contribution in [0.3, 0.4) is 0 Å². The summed E-state index contributed by atoms with van der Waals surface area (Å²) < 4.78 is 1.09. The smallest absolute Gasteiger partial charge is 0.201 e. The number of rotatable bonds is 0. The molecule has 1 aliphatic carbocycles. The number of hydrogen-bond donors (Lipinski definition) is 2. The van der Waals surface area contributed by atoms with Crippen LogP contribution in [0.2, 0.25) is 0 Å². The molecule has 0 bridgehead atoms. The van der Waals surface area contributed by atoms with E-state index in [2.05, 4.69) is 4.98 Å². The van der Waals surface area contributed by atoms with Gasteiger partial charge in [0.25, 0.3) is 0 Å². The number of nitrogens with zero attached hydrogens (tertiary/aromatic N) is 1. The molecule has 0 saturated carbocycles. The summed E-state index contributed by atoms with van der Waals surface area (Å²) in [6, 6.07) is 9.64. The molecule has 4 N–H and O–H groups in total. The fraction of sp³-hybridized carbons (Fsp3) is 0.0769. The fourth-order valence-corrected chi connectivity index (χ4v) is 2.98. The average molecular weight is 278 g/mol. The molecule has 1 heterocycles. The van der Waals surface area contributed by atoms with Gasteiger partial charge in [-0.05, 0) is 31.2 Å². The molecule has 1 aliphatic heterocycles. The number of aromatic nitrogens is 1. The van der Waals surface area contributed by atoms with Crippen LogP contribution in [0.15, 0.2) is 30.3 Å². The lowest BCUT2D eigenvalue weighted by Gasteiger charge is -2.07. The summed E-state index contributed by atoms with van der Waals surface area (Å²) in [5, 5.41) is 6.72. The van der Waals surface area contributed by atoms with Gasteiger partial charge in [0.1, 0.15) is 0 Å². The third kappa shape index (κ3) is 1.94. The predicted octanol–water partition coefficient (Wildman–Crippen LogP) is -2.04. The lowest BCUT2D eigenvalue weighted by Crippen LogP contribution is -3.00. The Morgan fingerprint density at radius 2 is 2.00 bits per heavy atom. The number of anilines is 1. The summed E-state index contributed by atoms with van der Waals surface area (Å²) in [6.07, 6.45) is 0. The molecule has 3 rings (SSSR count). The Kier molecular flexibility index (Phi) is 3.24. The van der Waals surface area contributed by atoms with E-state index in [1.807, 2.05) is 37.3 Å². The average Bonchev–Trinajstić information content (AvgIpc) is 2.32. The van der Waals surface area contributed by atoms with Crippen molar-refractivity contribution in [2.45, 2.75) is 6.92 Å². The van der Waals surface area contributed by atoms with Gasteiger partial charge in [-0.2, -0.15) is 0 Å². The minimum atomic E-state index is 0. The number of benzene rings is 2. The molecule has 0 radical (unpaired) electrons. The maximum atomic E-state index is 5.91. The van der Waals surface area contributed by atoms with E-state index in [-0.39, 0.29) is 12.4 Å². The van der Waals surface area contributed by atoms with Crippen molar-refractivity contribution in [2.75, 3.05) is 5.73 Å². The van der Waals surface area contributed by atoms with Crippen LogP contribution >= 0.6 is 11.3 Å². The van der Waals surface area contributed by atoms with E-state index in [1.54, 1.807) is 11.3 Å². The molecule has 0 aromatic heterocycles. The van der Waals surface area contributed by atoms with Crippen LogP contribution in [0.4, 0.5) is 5.69 Å². The Morgan fingerprint density at radius 1 is 1.22 bits per heavy atom. The summed E-state index contributed by atoms with van der Waals surface area (Å²) in [5.41, 5.74) is 9.60. The number of nitrogens with two attached hydrogens (primary N) is 2. The van der Waals surface area contributed by atoms with Gasteiger partial charge in [-0.1, -0.05) is 0 Å². The van der Waals surface area contributed by atoms with Crippen LogP contribution < -0.4 is 28.9 Å². The molecule has 0 saturated heterocycles. The van der Waals surface area contributed by atoms with E-state index < -0.39 is 0 Å². The highest BCUT2D eigenvalue weighted by atomic mass is 35.5. The van der Waals surface area contributed by atoms with Crippen molar-refractivity contribution in [2.24, 2.45) is 0 Å². The maximum Gasteiger partial charge on any atom is 0.201 e. The standard InChI is InChI=1S/C13H11N3S.ClH/c1-7-9(15)3-5-11-13(7)17-12-6-8(14)2-4-10(12)16-11;/h2-6,15H,14H2,1H3;1H. The number of fused-ring (bicyclic) bond motifs is 2. The maximum absolute atomic E-state index is 5.91.